The molecule has 8 rings (SSSR count). The largest absolute Gasteiger partial charge is 0.452 e. The van der Waals surface area contributed by atoms with Gasteiger partial charge in [-0.15, -0.1) is 0 Å². The van der Waals surface area contributed by atoms with Gasteiger partial charge in [-0.1, -0.05) is 103 Å². The van der Waals surface area contributed by atoms with E-state index in [0.717, 1.165) is 50.3 Å². The van der Waals surface area contributed by atoms with Crippen molar-refractivity contribution in [1.82, 2.24) is 0 Å². The Kier molecular flexibility index (Phi) is 4.92. The molecule has 0 aliphatic heterocycles. The first-order valence-corrected chi connectivity index (χ1v) is 13.3. The normalized spacial score (nSPS) is 11.7. The van der Waals surface area contributed by atoms with Crippen molar-refractivity contribution in [2.75, 3.05) is 0 Å². The molecule has 184 valence electrons. The third-order valence-electron chi connectivity index (χ3n) is 7.71. The van der Waals surface area contributed by atoms with Gasteiger partial charge < -0.3 is 8.83 Å². The van der Waals surface area contributed by atoms with Crippen LogP contribution in [0.2, 0.25) is 0 Å². The molecule has 2 heteroatoms. The number of fused-ring (bicyclic) bond motifs is 7. The van der Waals surface area contributed by atoms with Crippen molar-refractivity contribution in [3.05, 3.63) is 145 Å². The third kappa shape index (κ3) is 3.65. The van der Waals surface area contributed by atoms with Crippen LogP contribution in [-0.2, 0) is 6.42 Å². The van der Waals surface area contributed by atoms with Crippen LogP contribution in [0.25, 0.3) is 66.1 Å². The summed E-state index contributed by atoms with van der Waals surface area (Å²) in [7, 11) is 0. The Morgan fingerprint density at radius 1 is 0.410 bits per heavy atom. The van der Waals surface area contributed by atoms with Gasteiger partial charge in [0.2, 0.25) is 0 Å². The second-order valence-electron chi connectivity index (χ2n) is 10.1. The van der Waals surface area contributed by atoms with Gasteiger partial charge in [-0.05, 0) is 70.1 Å². The molecule has 0 spiro atoms. The third-order valence-corrected chi connectivity index (χ3v) is 7.71. The van der Waals surface area contributed by atoms with Gasteiger partial charge in [-0.25, -0.2) is 0 Å². The Balaban J connectivity index is 1.43. The van der Waals surface area contributed by atoms with E-state index in [1.807, 2.05) is 6.07 Å². The average molecular weight is 501 g/mol. The van der Waals surface area contributed by atoms with Gasteiger partial charge in [0.05, 0.1) is 0 Å². The smallest absolute Gasteiger partial charge is 0.178 e. The van der Waals surface area contributed by atoms with Crippen LogP contribution in [0.3, 0.4) is 0 Å². The molecule has 0 amide bonds. The van der Waals surface area contributed by atoms with Crippen molar-refractivity contribution < 1.29 is 8.83 Å². The van der Waals surface area contributed by atoms with E-state index < -0.39 is 0 Å². The minimum absolute atomic E-state index is 0.805. The Hall–Kier alpha value is -5.08. The van der Waals surface area contributed by atoms with E-state index in [0.29, 0.717) is 0 Å². The second kappa shape index (κ2) is 8.75. The molecule has 2 aromatic heterocycles. The summed E-state index contributed by atoms with van der Waals surface area (Å²) in [6, 6.07) is 46.9. The number of hydrogen-bond acceptors (Lipinski definition) is 2. The first-order chi connectivity index (χ1) is 19.3. The van der Waals surface area contributed by atoms with Crippen LogP contribution >= 0.6 is 0 Å². The molecule has 0 bridgehead atoms. The topological polar surface area (TPSA) is 26.3 Å². The molecule has 0 unspecified atom stereocenters. The maximum atomic E-state index is 6.59. The fourth-order valence-corrected chi connectivity index (χ4v) is 5.83. The van der Waals surface area contributed by atoms with E-state index >= 15 is 0 Å². The number of hydrogen-bond donors (Lipinski definition) is 0. The zero-order chi connectivity index (χ0) is 25.8. The van der Waals surface area contributed by atoms with E-state index in [1.165, 1.54) is 33.4 Å². The van der Waals surface area contributed by atoms with E-state index in [2.05, 4.69) is 127 Å². The molecular formula is C37H24O2. The zero-order valence-electron chi connectivity index (χ0n) is 21.2. The summed E-state index contributed by atoms with van der Waals surface area (Å²) in [5.74, 6) is 0. The molecule has 2 heterocycles. The van der Waals surface area contributed by atoms with Gasteiger partial charge in [0.25, 0.3) is 0 Å². The maximum Gasteiger partial charge on any atom is 0.178 e. The molecular weight excluding hydrogens is 476 g/mol. The van der Waals surface area contributed by atoms with Crippen molar-refractivity contribution >= 4 is 43.9 Å². The van der Waals surface area contributed by atoms with Crippen LogP contribution in [0.1, 0.15) is 11.1 Å². The molecule has 39 heavy (non-hydrogen) atoms. The van der Waals surface area contributed by atoms with Crippen molar-refractivity contribution in [2.24, 2.45) is 0 Å². The first-order valence-electron chi connectivity index (χ1n) is 13.3. The monoisotopic (exact) mass is 500 g/mol. The predicted octanol–water partition coefficient (Wildman–Crippen LogP) is 10.4. The van der Waals surface area contributed by atoms with Crippen LogP contribution in [-0.4, -0.2) is 0 Å². The fraction of sp³-hybridized carbons (Fsp3) is 0.0270. The maximum absolute atomic E-state index is 6.59. The van der Waals surface area contributed by atoms with Crippen LogP contribution in [0.5, 0.6) is 0 Å². The standard InChI is InChI=1S/C37H24O2/c1-4-10-24(11-5-1)20-29-23-31-30-21-27(25-12-6-2-7-13-25)16-18-33(30)38-36(31)37-35(29)32-22-28(17-19-34(32)39-37)26-14-8-3-9-15-26/h1-19,21-23H,20H2. The minimum Gasteiger partial charge on any atom is -0.452 e. The zero-order valence-corrected chi connectivity index (χ0v) is 21.2. The summed E-state index contributed by atoms with van der Waals surface area (Å²) >= 11 is 0. The summed E-state index contributed by atoms with van der Waals surface area (Å²) < 4.78 is 13.1. The van der Waals surface area contributed by atoms with Crippen molar-refractivity contribution in [3.8, 4) is 22.3 Å². The molecule has 0 aliphatic rings. The van der Waals surface area contributed by atoms with Gasteiger partial charge in [0.15, 0.2) is 11.2 Å². The summed E-state index contributed by atoms with van der Waals surface area (Å²) in [6.45, 7) is 0. The summed E-state index contributed by atoms with van der Waals surface area (Å²) in [4.78, 5) is 0. The number of benzene rings is 6. The summed E-state index contributed by atoms with van der Waals surface area (Å²) in [5.41, 5.74) is 10.6. The van der Waals surface area contributed by atoms with Gasteiger partial charge in [0, 0.05) is 21.5 Å². The SMILES string of the molecule is c1ccc(Cc2cc3c4cc(-c5ccccc5)ccc4oc3c3oc4ccc(-c5ccccc5)cc4c23)cc1. The Bertz CT molecular complexity index is 2120. The lowest BCUT2D eigenvalue weighted by Gasteiger charge is -2.06. The summed E-state index contributed by atoms with van der Waals surface area (Å²) in [6.07, 6.45) is 0.808. The van der Waals surface area contributed by atoms with Crippen LogP contribution in [0.15, 0.2) is 142 Å². The fourth-order valence-electron chi connectivity index (χ4n) is 5.83. The first kappa shape index (κ1) is 22.0. The number of furan rings is 2. The van der Waals surface area contributed by atoms with E-state index in [1.54, 1.807) is 0 Å². The van der Waals surface area contributed by atoms with E-state index in [-0.39, 0.29) is 0 Å². The van der Waals surface area contributed by atoms with Crippen LogP contribution < -0.4 is 0 Å². The van der Waals surface area contributed by atoms with Gasteiger partial charge >= 0.3 is 0 Å². The Morgan fingerprint density at radius 3 is 1.59 bits per heavy atom. The molecule has 0 saturated heterocycles. The molecule has 2 nitrogen and oxygen atoms in total. The van der Waals surface area contributed by atoms with Crippen molar-refractivity contribution in [3.63, 3.8) is 0 Å². The van der Waals surface area contributed by atoms with Gasteiger partial charge in [0.1, 0.15) is 11.2 Å². The molecule has 0 saturated carbocycles. The molecule has 0 atom stereocenters. The highest BCUT2D eigenvalue weighted by atomic mass is 16.4. The van der Waals surface area contributed by atoms with Gasteiger partial charge in [-0.3, -0.25) is 0 Å². The second-order valence-corrected chi connectivity index (χ2v) is 10.1. The predicted molar refractivity (Wildman–Crippen MR) is 161 cm³/mol. The average Bonchev–Trinajstić information content (AvgIpc) is 3.57. The van der Waals surface area contributed by atoms with E-state index in [4.69, 9.17) is 8.83 Å². The molecule has 0 aliphatic carbocycles. The Morgan fingerprint density at radius 2 is 0.949 bits per heavy atom. The van der Waals surface area contributed by atoms with Crippen molar-refractivity contribution in [1.29, 1.82) is 0 Å². The minimum atomic E-state index is 0.805. The highest BCUT2D eigenvalue weighted by Gasteiger charge is 2.21. The van der Waals surface area contributed by atoms with Crippen molar-refractivity contribution in [2.45, 2.75) is 6.42 Å². The molecule has 8 aromatic rings. The lowest BCUT2D eigenvalue weighted by molar-refractivity contribution is 0.633. The lowest BCUT2D eigenvalue weighted by atomic mass is 9.95. The molecule has 0 N–H and O–H groups in total. The molecule has 6 aromatic carbocycles. The highest BCUT2D eigenvalue weighted by Crippen LogP contribution is 2.43. The highest BCUT2D eigenvalue weighted by molar-refractivity contribution is 6.21. The van der Waals surface area contributed by atoms with Gasteiger partial charge in [-0.2, -0.15) is 0 Å². The van der Waals surface area contributed by atoms with Crippen LogP contribution in [0, 0.1) is 0 Å². The number of rotatable bonds is 4. The van der Waals surface area contributed by atoms with E-state index in [9.17, 15) is 0 Å². The summed E-state index contributed by atoms with van der Waals surface area (Å²) in [5, 5.41) is 4.43. The molecule has 0 radical (unpaired) electrons. The van der Waals surface area contributed by atoms with Crippen LogP contribution in [0.4, 0.5) is 0 Å². The lowest BCUT2D eigenvalue weighted by Crippen LogP contribution is -1.89. The Labute approximate surface area is 225 Å². The molecule has 0 fully saturated rings. The quantitative estimate of drug-likeness (QED) is 0.240.